The van der Waals surface area contributed by atoms with Gasteiger partial charge in [-0.3, -0.25) is 14.7 Å². The lowest BCUT2D eigenvalue weighted by Crippen LogP contribution is -2.37. The maximum absolute atomic E-state index is 12.7. The number of H-pyrrole nitrogens is 1. The van der Waals surface area contributed by atoms with E-state index in [1.165, 1.54) is 18.2 Å². The van der Waals surface area contributed by atoms with Gasteiger partial charge in [0.05, 0.1) is 12.5 Å². The molecule has 0 spiro atoms. The lowest BCUT2D eigenvalue weighted by molar-refractivity contribution is -0.137. The lowest BCUT2D eigenvalue weighted by Gasteiger charge is -2.13. The quantitative estimate of drug-likeness (QED) is 0.541. The molecule has 2 aromatic heterocycles. The number of aromatic amines is 1. The number of likely N-dealkylation sites (N-methyl/N-ethyl adjacent to an activating group) is 1. The molecule has 2 amide bonds. The molecule has 1 fully saturated rings. The van der Waals surface area contributed by atoms with Crippen molar-refractivity contribution in [2.75, 3.05) is 26.0 Å². The van der Waals surface area contributed by atoms with E-state index in [-0.39, 0.29) is 18.1 Å². The zero-order valence-corrected chi connectivity index (χ0v) is 16.3. The maximum atomic E-state index is 12.7. The van der Waals surface area contributed by atoms with Crippen LogP contribution in [0.5, 0.6) is 6.01 Å². The lowest BCUT2D eigenvalue weighted by atomic mass is 10.0. The number of ether oxygens (including phenoxy) is 1. The van der Waals surface area contributed by atoms with E-state index in [1.54, 1.807) is 31.3 Å². The first kappa shape index (κ1) is 19.4. The van der Waals surface area contributed by atoms with Gasteiger partial charge in [-0.05, 0) is 18.2 Å². The van der Waals surface area contributed by atoms with Crippen LogP contribution in [0.2, 0.25) is 0 Å². The Bertz CT molecular complexity index is 1210. The third-order valence-electron chi connectivity index (χ3n) is 4.74. The molecule has 1 aliphatic rings. The smallest absolute Gasteiger partial charge is 0.318 e. The van der Waals surface area contributed by atoms with Gasteiger partial charge in [-0.2, -0.15) is 10.1 Å². The molecule has 1 aromatic carbocycles. The van der Waals surface area contributed by atoms with Crippen molar-refractivity contribution in [3.8, 4) is 17.9 Å². The molecule has 1 aliphatic heterocycles. The van der Waals surface area contributed by atoms with Crippen LogP contribution in [0, 0.1) is 11.8 Å². The van der Waals surface area contributed by atoms with Crippen LogP contribution >= 0.6 is 0 Å². The molecule has 0 aliphatic carbocycles. The van der Waals surface area contributed by atoms with E-state index >= 15 is 0 Å². The zero-order valence-electron chi connectivity index (χ0n) is 16.3. The first-order valence-corrected chi connectivity index (χ1v) is 9.07. The van der Waals surface area contributed by atoms with Gasteiger partial charge in [-0.25, -0.2) is 4.98 Å². The number of amides is 2. The number of carbonyl (C=O) groups excluding carboxylic acids is 2. The summed E-state index contributed by atoms with van der Waals surface area (Å²) in [5.74, 6) is 4.63. The van der Waals surface area contributed by atoms with E-state index in [4.69, 9.17) is 4.74 Å². The maximum Gasteiger partial charge on any atom is 0.318 e. The molecule has 1 atom stereocenters. The third-order valence-corrected chi connectivity index (χ3v) is 4.74. The molecule has 1 saturated heterocycles. The number of nitrogens with zero attached hydrogens (tertiary/aromatic N) is 4. The minimum atomic E-state index is -1.68. The Labute approximate surface area is 171 Å². The summed E-state index contributed by atoms with van der Waals surface area (Å²) in [6, 6.07) is 6.94. The van der Waals surface area contributed by atoms with Crippen molar-refractivity contribution < 1.29 is 19.4 Å². The first-order chi connectivity index (χ1) is 14.4. The first-order valence-electron chi connectivity index (χ1n) is 9.07. The van der Waals surface area contributed by atoms with Crippen molar-refractivity contribution in [3.63, 3.8) is 0 Å². The van der Waals surface area contributed by atoms with Gasteiger partial charge in [0, 0.05) is 37.5 Å². The van der Waals surface area contributed by atoms with Crippen molar-refractivity contribution in [3.05, 3.63) is 41.7 Å². The van der Waals surface area contributed by atoms with Gasteiger partial charge in [-0.15, -0.1) is 0 Å². The number of hydrogen-bond acceptors (Lipinski definition) is 7. The van der Waals surface area contributed by atoms with Gasteiger partial charge in [0.25, 0.3) is 11.8 Å². The highest BCUT2D eigenvalue weighted by atomic mass is 16.5. The Kier molecular flexibility index (Phi) is 4.81. The van der Waals surface area contributed by atoms with E-state index in [0.29, 0.717) is 28.8 Å². The van der Waals surface area contributed by atoms with Crippen LogP contribution in [0.15, 0.2) is 30.5 Å². The van der Waals surface area contributed by atoms with E-state index in [1.807, 2.05) is 0 Å². The topological polar surface area (TPSA) is 133 Å². The number of anilines is 1. The van der Waals surface area contributed by atoms with Gasteiger partial charge in [0.2, 0.25) is 5.60 Å². The molecule has 3 aromatic rings. The molecular formula is C20H18N6O4. The number of likely N-dealkylation sites (tertiary alicyclic amines) is 1. The second-order valence-electron chi connectivity index (χ2n) is 6.81. The summed E-state index contributed by atoms with van der Waals surface area (Å²) >= 11 is 0. The van der Waals surface area contributed by atoms with Crippen LogP contribution < -0.4 is 10.1 Å². The number of fused-ring (bicyclic) bond motifs is 1. The number of benzene rings is 1. The Morgan fingerprint density at radius 2 is 2.27 bits per heavy atom. The number of hydrogen-bond donors (Lipinski definition) is 3. The molecular weight excluding hydrogens is 388 g/mol. The Morgan fingerprint density at radius 1 is 1.43 bits per heavy atom. The molecule has 0 unspecified atom stereocenters. The van der Waals surface area contributed by atoms with Gasteiger partial charge >= 0.3 is 6.01 Å². The number of carbonyl (C=O) groups is 2. The summed E-state index contributed by atoms with van der Waals surface area (Å²) in [6.07, 6.45) is 1.71. The fourth-order valence-corrected chi connectivity index (χ4v) is 3.07. The molecule has 10 heteroatoms. The molecule has 3 heterocycles. The van der Waals surface area contributed by atoms with Crippen molar-refractivity contribution in [1.29, 1.82) is 0 Å². The average Bonchev–Trinajstić information content (AvgIpc) is 3.29. The van der Waals surface area contributed by atoms with Crippen molar-refractivity contribution >= 4 is 28.5 Å². The number of methoxy groups -OCH3 is 1. The molecule has 0 saturated carbocycles. The summed E-state index contributed by atoms with van der Waals surface area (Å²) in [6.45, 7) is 0.452. The number of aliphatic hydroxyl groups is 1. The predicted octanol–water partition coefficient (Wildman–Crippen LogP) is 0.558. The Hall–Kier alpha value is -3.97. The molecule has 0 radical (unpaired) electrons. The highest BCUT2D eigenvalue weighted by Crippen LogP contribution is 2.21. The summed E-state index contributed by atoms with van der Waals surface area (Å²) in [5, 5.41) is 20.3. The number of rotatable bonds is 3. The standard InChI is InChI=1S/C20H18N6O4/c1-26-9-8-20(29,18(26)28)7-6-12-4-3-5-13(10-12)22-17(27)15-14-11-21-19(30-2)23-16(14)25-24-15/h3-5,10-11,29H,8-9H2,1-2H3,(H,22,27)(H,21,23,24,25)/t20-/m0/s1. The SMILES string of the molecule is COc1ncc2c(C(=O)Nc3cccc(C#C[C@]4(O)CCN(C)C4=O)c3)[nH]nc2n1. The minimum absolute atomic E-state index is 0.154. The molecule has 3 N–H and O–H groups in total. The third kappa shape index (κ3) is 3.54. The highest BCUT2D eigenvalue weighted by Gasteiger charge is 2.42. The van der Waals surface area contributed by atoms with E-state index in [0.717, 1.165) is 0 Å². The second kappa shape index (κ2) is 7.46. The van der Waals surface area contributed by atoms with Crippen molar-refractivity contribution in [1.82, 2.24) is 25.1 Å². The summed E-state index contributed by atoms with van der Waals surface area (Å²) in [4.78, 5) is 34.2. The Morgan fingerprint density at radius 3 is 3.00 bits per heavy atom. The minimum Gasteiger partial charge on any atom is -0.467 e. The van der Waals surface area contributed by atoms with Gasteiger partial charge in [0.15, 0.2) is 5.65 Å². The van der Waals surface area contributed by atoms with Crippen LogP contribution in [0.1, 0.15) is 22.5 Å². The monoisotopic (exact) mass is 406 g/mol. The molecule has 0 bridgehead atoms. The van der Waals surface area contributed by atoms with E-state index < -0.39 is 17.4 Å². The van der Waals surface area contributed by atoms with Crippen LogP contribution in [0.4, 0.5) is 5.69 Å². The van der Waals surface area contributed by atoms with Gasteiger partial charge in [0.1, 0.15) is 5.69 Å². The fraction of sp³-hybridized carbons (Fsp3) is 0.250. The van der Waals surface area contributed by atoms with Crippen LogP contribution in [-0.4, -0.2) is 68.3 Å². The summed E-state index contributed by atoms with van der Waals surface area (Å²) < 4.78 is 4.95. The number of nitrogens with one attached hydrogen (secondary N) is 2. The molecule has 152 valence electrons. The van der Waals surface area contributed by atoms with Crippen LogP contribution in [-0.2, 0) is 4.79 Å². The van der Waals surface area contributed by atoms with Gasteiger partial charge < -0.3 is 20.1 Å². The normalized spacial score (nSPS) is 18.2. The van der Waals surface area contributed by atoms with E-state index in [2.05, 4.69) is 37.3 Å². The summed E-state index contributed by atoms with van der Waals surface area (Å²) in [7, 11) is 3.06. The largest absolute Gasteiger partial charge is 0.467 e. The number of aromatic nitrogens is 4. The Balaban J connectivity index is 1.54. The average molecular weight is 406 g/mol. The molecule has 4 rings (SSSR count). The second-order valence-corrected chi connectivity index (χ2v) is 6.81. The van der Waals surface area contributed by atoms with Crippen LogP contribution in [0.3, 0.4) is 0 Å². The van der Waals surface area contributed by atoms with Crippen molar-refractivity contribution in [2.45, 2.75) is 12.0 Å². The van der Waals surface area contributed by atoms with Gasteiger partial charge in [-0.1, -0.05) is 17.9 Å². The fourth-order valence-electron chi connectivity index (χ4n) is 3.07. The van der Waals surface area contributed by atoms with Crippen molar-refractivity contribution in [2.24, 2.45) is 0 Å². The molecule has 30 heavy (non-hydrogen) atoms. The summed E-state index contributed by atoms with van der Waals surface area (Å²) in [5.41, 5.74) is -0.120. The molecule has 10 nitrogen and oxygen atoms in total. The van der Waals surface area contributed by atoms with Crippen LogP contribution in [0.25, 0.3) is 11.0 Å². The zero-order chi connectivity index (χ0) is 21.3. The van der Waals surface area contributed by atoms with E-state index in [9.17, 15) is 14.7 Å². The predicted molar refractivity (Wildman–Crippen MR) is 107 cm³/mol. The highest BCUT2D eigenvalue weighted by molar-refractivity contribution is 6.10.